The van der Waals surface area contributed by atoms with Crippen LogP contribution in [0.3, 0.4) is 0 Å². The van der Waals surface area contributed by atoms with Crippen molar-refractivity contribution in [3.8, 4) is 0 Å². The zero-order valence-electron chi connectivity index (χ0n) is 15.7. The van der Waals surface area contributed by atoms with Crippen LogP contribution in [0.4, 0.5) is 5.69 Å². The van der Waals surface area contributed by atoms with E-state index in [9.17, 15) is 9.59 Å². The van der Waals surface area contributed by atoms with E-state index in [1.165, 1.54) is 5.56 Å². The molecule has 5 nitrogen and oxygen atoms in total. The molecule has 2 amide bonds. The van der Waals surface area contributed by atoms with Gasteiger partial charge in [-0.25, -0.2) is 0 Å². The molecule has 2 heterocycles. The first kappa shape index (κ1) is 17.7. The third kappa shape index (κ3) is 3.74. The molecule has 1 saturated heterocycles. The molecule has 0 atom stereocenters. The van der Waals surface area contributed by atoms with E-state index >= 15 is 0 Å². The van der Waals surface area contributed by atoms with E-state index in [1.54, 1.807) is 11.8 Å². The molecule has 2 aliphatic heterocycles. The molecule has 2 aromatic carbocycles. The van der Waals surface area contributed by atoms with Crippen molar-refractivity contribution in [2.45, 2.75) is 19.9 Å². The van der Waals surface area contributed by atoms with E-state index in [1.807, 2.05) is 29.2 Å². The summed E-state index contributed by atoms with van der Waals surface area (Å²) in [6.45, 7) is 6.52. The van der Waals surface area contributed by atoms with Gasteiger partial charge in [-0.1, -0.05) is 30.3 Å². The molecule has 4 rings (SSSR count). The summed E-state index contributed by atoms with van der Waals surface area (Å²) in [5.74, 6) is 0.154. The minimum Gasteiger partial charge on any atom is -0.336 e. The Morgan fingerprint density at radius 1 is 0.926 bits per heavy atom. The topological polar surface area (TPSA) is 43.9 Å². The van der Waals surface area contributed by atoms with Crippen LogP contribution in [0.15, 0.2) is 48.5 Å². The van der Waals surface area contributed by atoms with E-state index in [-0.39, 0.29) is 11.8 Å². The Labute approximate surface area is 160 Å². The maximum atomic E-state index is 12.9. The number of amides is 2. The summed E-state index contributed by atoms with van der Waals surface area (Å²) >= 11 is 0. The Bertz CT molecular complexity index is 842. The Morgan fingerprint density at radius 2 is 1.67 bits per heavy atom. The fourth-order valence-electron chi connectivity index (χ4n) is 4.00. The third-order valence-electron chi connectivity index (χ3n) is 5.51. The van der Waals surface area contributed by atoms with E-state index in [0.717, 1.165) is 56.0 Å². The number of piperazine rings is 1. The minimum absolute atomic E-state index is 0.0577. The van der Waals surface area contributed by atoms with E-state index < -0.39 is 0 Å². The number of hydrogen-bond acceptors (Lipinski definition) is 3. The Balaban J connectivity index is 1.38. The van der Waals surface area contributed by atoms with Crippen LogP contribution < -0.4 is 4.90 Å². The molecule has 0 bridgehead atoms. The van der Waals surface area contributed by atoms with Gasteiger partial charge < -0.3 is 9.80 Å². The zero-order chi connectivity index (χ0) is 18.8. The highest BCUT2D eigenvalue weighted by atomic mass is 16.2. The molecule has 0 aromatic heterocycles. The normalized spacial score (nSPS) is 17.1. The smallest absolute Gasteiger partial charge is 0.253 e. The van der Waals surface area contributed by atoms with Gasteiger partial charge in [-0.05, 0) is 35.7 Å². The quantitative estimate of drug-likeness (QED) is 0.842. The number of carbonyl (C=O) groups is 2. The number of rotatable bonds is 3. The van der Waals surface area contributed by atoms with Crippen LogP contribution in [0.1, 0.15) is 28.4 Å². The summed E-state index contributed by atoms with van der Waals surface area (Å²) in [6, 6.07) is 16.2. The summed E-state index contributed by atoms with van der Waals surface area (Å²) < 4.78 is 0. The van der Waals surface area contributed by atoms with Crippen molar-refractivity contribution in [1.29, 1.82) is 0 Å². The van der Waals surface area contributed by atoms with Gasteiger partial charge in [0, 0.05) is 57.4 Å². The van der Waals surface area contributed by atoms with Crippen LogP contribution in [-0.2, 0) is 17.8 Å². The van der Waals surface area contributed by atoms with E-state index in [4.69, 9.17) is 0 Å². The van der Waals surface area contributed by atoms with Gasteiger partial charge in [-0.3, -0.25) is 14.5 Å². The van der Waals surface area contributed by atoms with Crippen molar-refractivity contribution in [2.24, 2.45) is 0 Å². The van der Waals surface area contributed by atoms with Gasteiger partial charge in [-0.2, -0.15) is 0 Å². The Morgan fingerprint density at radius 3 is 2.37 bits per heavy atom. The average molecular weight is 363 g/mol. The highest BCUT2D eigenvalue weighted by Gasteiger charge is 2.26. The van der Waals surface area contributed by atoms with Gasteiger partial charge in [0.2, 0.25) is 5.91 Å². The standard InChI is InChI=1S/C22H25N3O2/c1-17(26)25-10-9-19-15-20(7-8-21(19)25)22(27)24-13-11-23(12-14-24)16-18-5-3-2-4-6-18/h2-8,15H,9-14,16H2,1H3. The van der Waals surface area contributed by atoms with E-state index in [0.29, 0.717) is 6.54 Å². The lowest BCUT2D eigenvalue weighted by Gasteiger charge is -2.35. The molecule has 0 unspecified atom stereocenters. The molecule has 0 N–H and O–H groups in total. The zero-order valence-corrected chi connectivity index (χ0v) is 15.7. The molecule has 0 aliphatic carbocycles. The van der Waals surface area contributed by atoms with Crippen molar-refractivity contribution in [2.75, 3.05) is 37.6 Å². The second kappa shape index (κ2) is 7.53. The fourth-order valence-corrected chi connectivity index (χ4v) is 4.00. The number of carbonyl (C=O) groups excluding carboxylic acids is 2. The SMILES string of the molecule is CC(=O)N1CCc2cc(C(=O)N3CCN(Cc4ccccc4)CC3)ccc21. The van der Waals surface area contributed by atoms with Gasteiger partial charge >= 0.3 is 0 Å². The number of anilines is 1. The van der Waals surface area contributed by atoms with Crippen molar-refractivity contribution in [1.82, 2.24) is 9.80 Å². The van der Waals surface area contributed by atoms with Crippen LogP contribution in [0, 0.1) is 0 Å². The maximum Gasteiger partial charge on any atom is 0.253 e. The first-order valence-electron chi connectivity index (χ1n) is 9.58. The molecule has 2 aromatic rings. The molecule has 2 aliphatic rings. The number of benzene rings is 2. The molecule has 1 fully saturated rings. The average Bonchev–Trinajstić information content (AvgIpc) is 3.12. The molecule has 5 heteroatoms. The lowest BCUT2D eigenvalue weighted by atomic mass is 10.1. The van der Waals surface area contributed by atoms with Crippen LogP contribution in [-0.4, -0.2) is 54.3 Å². The summed E-state index contributed by atoms with van der Waals surface area (Å²) in [5, 5.41) is 0. The molecule has 0 saturated carbocycles. The second-order valence-corrected chi connectivity index (χ2v) is 7.32. The molecule has 0 spiro atoms. The van der Waals surface area contributed by atoms with Crippen LogP contribution in [0.25, 0.3) is 0 Å². The predicted molar refractivity (Wildman–Crippen MR) is 106 cm³/mol. The summed E-state index contributed by atoms with van der Waals surface area (Å²) in [5.41, 5.74) is 4.09. The monoisotopic (exact) mass is 363 g/mol. The highest BCUT2D eigenvalue weighted by molar-refractivity contribution is 5.98. The van der Waals surface area contributed by atoms with Gasteiger partial charge in [0.15, 0.2) is 0 Å². The summed E-state index contributed by atoms with van der Waals surface area (Å²) in [6.07, 6.45) is 0.820. The predicted octanol–water partition coefficient (Wildman–Crippen LogP) is 2.55. The van der Waals surface area contributed by atoms with Gasteiger partial charge in [0.25, 0.3) is 5.91 Å². The van der Waals surface area contributed by atoms with Gasteiger partial charge in [0.1, 0.15) is 0 Å². The first-order chi connectivity index (χ1) is 13.1. The van der Waals surface area contributed by atoms with Crippen molar-refractivity contribution >= 4 is 17.5 Å². The van der Waals surface area contributed by atoms with Crippen LogP contribution in [0.5, 0.6) is 0 Å². The van der Waals surface area contributed by atoms with Crippen LogP contribution in [0.2, 0.25) is 0 Å². The minimum atomic E-state index is 0.0577. The van der Waals surface area contributed by atoms with Gasteiger partial charge in [-0.15, -0.1) is 0 Å². The number of fused-ring (bicyclic) bond motifs is 1. The lowest BCUT2D eigenvalue weighted by Crippen LogP contribution is -2.48. The molecule has 0 radical (unpaired) electrons. The molecule has 27 heavy (non-hydrogen) atoms. The lowest BCUT2D eigenvalue weighted by molar-refractivity contribution is -0.116. The Hall–Kier alpha value is -2.66. The van der Waals surface area contributed by atoms with Crippen molar-refractivity contribution in [3.63, 3.8) is 0 Å². The number of hydrogen-bond donors (Lipinski definition) is 0. The number of nitrogens with zero attached hydrogens (tertiary/aromatic N) is 3. The fraction of sp³-hybridized carbons (Fsp3) is 0.364. The first-order valence-corrected chi connectivity index (χ1v) is 9.58. The van der Waals surface area contributed by atoms with E-state index in [2.05, 4.69) is 29.2 Å². The largest absolute Gasteiger partial charge is 0.336 e. The van der Waals surface area contributed by atoms with Gasteiger partial charge in [0.05, 0.1) is 0 Å². The Kier molecular flexibility index (Phi) is 4.94. The summed E-state index contributed by atoms with van der Waals surface area (Å²) in [7, 11) is 0. The highest BCUT2D eigenvalue weighted by Crippen LogP contribution is 2.29. The van der Waals surface area contributed by atoms with Crippen molar-refractivity contribution < 1.29 is 9.59 Å². The summed E-state index contributed by atoms with van der Waals surface area (Å²) in [4.78, 5) is 30.7. The third-order valence-corrected chi connectivity index (χ3v) is 5.51. The van der Waals surface area contributed by atoms with Crippen molar-refractivity contribution in [3.05, 3.63) is 65.2 Å². The molecular weight excluding hydrogens is 338 g/mol. The van der Waals surface area contributed by atoms with Crippen LogP contribution >= 0.6 is 0 Å². The second-order valence-electron chi connectivity index (χ2n) is 7.32. The maximum absolute atomic E-state index is 12.9. The molecule has 140 valence electrons. The molecular formula is C22H25N3O2.